The van der Waals surface area contributed by atoms with E-state index >= 15 is 0 Å². The summed E-state index contributed by atoms with van der Waals surface area (Å²) in [7, 11) is 0. The average Bonchev–Trinajstić information content (AvgIpc) is 2.41. The van der Waals surface area contributed by atoms with Gasteiger partial charge in [-0.1, -0.05) is 0 Å². The summed E-state index contributed by atoms with van der Waals surface area (Å²) in [6, 6.07) is 1.89. The van der Waals surface area contributed by atoms with E-state index in [1.54, 1.807) is 12.5 Å². The predicted molar refractivity (Wildman–Crippen MR) is 37.5 cm³/mol. The third-order valence-electron chi connectivity index (χ3n) is 1.20. The predicted octanol–water partition coefficient (Wildman–Crippen LogP) is 0.361. The Morgan fingerprint density at radius 1 is 1.60 bits per heavy atom. The maximum atomic E-state index is 8.41. The second-order valence-corrected chi connectivity index (χ2v) is 2.03. The normalized spacial score (nSPS) is 10.1. The molecule has 0 aliphatic rings. The van der Waals surface area contributed by atoms with Gasteiger partial charge in [-0.2, -0.15) is 0 Å². The summed E-state index contributed by atoms with van der Waals surface area (Å²) in [5, 5.41) is 11.4. The van der Waals surface area contributed by atoms with Gasteiger partial charge in [0.05, 0.1) is 19.1 Å². The van der Waals surface area contributed by atoms with E-state index in [1.165, 1.54) is 0 Å². The van der Waals surface area contributed by atoms with Crippen LogP contribution in [0.1, 0.15) is 5.56 Å². The molecular weight excluding hydrogens is 130 g/mol. The fourth-order valence-electron chi connectivity index (χ4n) is 0.705. The van der Waals surface area contributed by atoms with Crippen molar-refractivity contribution in [3.8, 4) is 0 Å². The number of aliphatic hydroxyl groups is 1. The van der Waals surface area contributed by atoms with E-state index in [2.05, 4.69) is 5.32 Å². The maximum Gasteiger partial charge on any atom is 0.0947 e. The van der Waals surface area contributed by atoms with E-state index in [0.717, 1.165) is 12.1 Å². The summed E-state index contributed by atoms with van der Waals surface area (Å²) < 4.78 is 4.84. The molecule has 0 radical (unpaired) electrons. The fraction of sp³-hybridized carbons (Fsp3) is 0.429. The van der Waals surface area contributed by atoms with Gasteiger partial charge < -0.3 is 14.8 Å². The van der Waals surface area contributed by atoms with Gasteiger partial charge in [-0.3, -0.25) is 0 Å². The van der Waals surface area contributed by atoms with Crippen LogP contribution < -0.4 is 5.32 Å². The quantitative estimate of drug-likeness (QED) is 0.595. The Hall–Kier alpha value is -0.800. The van der Waals surface area contributed by atoms with Crippen LogP contribution in [0.4, 0.5) is 0 Å². The van der Waals surface area contributed by atoms with Crippen molar-refractivity contribution < 1.29 is 9.52 Å². The molecule has 56 valence electrons. The average molecular weight is 141 g/mol. The van der Waals surface area contributed by atoms with Gasteiger partial charge in [-0.05, 0) is 6.07 Å². The van der Waals surface area contributed by atoms with Gasteiger partial charge in [0.2, 0.25) is 0 Å². The number of aliphatic hydroxyl groups excluding tert-OH is 1. The minimum Gasteiger partial charge on any atom is -0.472 e. The van der Waals surface area contributed by atoms with Crippen LogP contribution in [-0.4, -0.2) is 18.3 Å². The Morgan fingerprint density at radius 3 is 3.10 bits per heavy atom. The highest BCUT2D eigenvalue weighted by Gasteiger charge is 1.90. The van der Waals surface area contributed by atoms with Crippen LogP contribution in [0.25, 0.3) is 0 Å². The first kappa shape index (κ1) is 7.31. The molecule has 0 fully saturated rings. The van der Waals surface area contributed by atoms with Crippen molar-refractivity contribution in [1.82, 2.24) is 5.32 Å². The molecule has 2 N–H and O–H groups in total. The molecule has 0 amide bonds. The molecule has 0 saturated heterocycles. The molecule has 3 nitrogen and oxygen atoms in total. The molecule has 1 rings (SSSR count). The van der Waals surface area contributed by atoms with E-state index in [-0.39, 0.29) is 6.61 Å². The summed E-state index contributed by atoms with van der Waals surface area (Å²) in [5.74, 6) is 0. The third kappa shape index (κ3) is 2.21. The highest BCUT2D eigenvalue weighted by Crippen LogP contribution is 1.97. The van der Waals surface area contributed by atoms with Crippen molar-refractivity contribution >= 4 is 0 Å². The first-order chi connectivity index (χ1) is 4.93. The van der Waals surface area contributed by atoms with Crippen LogP contribution in [0.2, 0.25) is 0 Å². The Bertz CT molecular complexity index is 160. The van der Waals surface area contributed by atoms with E-state index in [4.69, 9.17) is 9.52 Å². The van der Waals surface area contributed by atoms with Gasteiger partial charge in [0, 0.05) is 18.7 Å². The Morgan fingerprint density at radius 2 is 2.50 bits per heavy atom. The summed E-state index contributed by atoms with van der Waals surface area (Å²) in [4.78, 5) is 0. The molecule has 10 heavy (non-hydrogen) atoms. The fourth-order valence-corrected chi connectivity index (χ4v) is 0.705. The lowest BCUT2D eigenvalue weighted by Gasteiger charge is -1.96. The van der Waals surface area contributed by atoms with Gasteiger partial charge in [0.1, 0.15) is 0 Å². The van der Waals surface area contributed by atoms with Crippen molar-refractivity contribution in [3.63, 3.8) is 0 Å². The van der Waals surface area contributed by atoms with Crippen LogP contribution in [0.5, 0.6) is 0 Å². The van der Waals surface area contributed by atoms with Crippen molar-refractivity contribution in [2.45, 2.75) is 6.54 Å². The highest BCUT2D eigenvalue weighted by molar-refractivity contribution is 5.04. The molecule has 0 bridgehead atoms. The molecule has 0 aliphatic carbocycles. The summed E-state index contributed by atoms with van der Waals surface area (Å²) in [5.41, 5.74) is 1.11. The molecule has 0 saturated carbocycles. The Kier molecular flexibility index (Phi) is 2.99. The van der Waals surface area contributed by atoms with Crippen molar-refractivity contribution in [2.24, 2.45) is 0 Å². The minimum absolute atomic E-state index is 0.178. The van der Waals surface area contributed by atoms with E-state index in [9.17, 15) is 0 Å². The third-order valence-corrected chi connectivity index (χ3v) is 1.20. The van der Waals surface area contributed by atoms with Crippen molar-refractivity contribution in [3.05, 3.63) is 24.2 Å². The lowest BCUT2D eigenvalue weighted by molar-refractivity contribution is 0.292. The van der Waals surface area contributed by atoms with Crippen LogP contribution in [0, 0.1) is 0 Å². The van der Waals surface area contributed by atoms with Gasteiger partial charge in [-0.25, -0.2) is 0 Å². The zero-order valence-electron chi connectivity index (χ0n) is 5.71. The highest BCUT2D eigenvalue weighted by atomic mass is 16.3. The van der Waals surface area contributed by atoms with Crippen molar-refractivity contribution in [1.29, 1.82) is 0 Å². The second-order valence-electron chi connectivity index (χ2n) is 2.03. The lowest BCUT2D eigenvalue weighted by Crippen LogP contribution is -2.16. The number of furan rings is 1. The number of hydrogen-bond donors (Lipinski definition) is 2. The Labute approximate surface area is 59.7 Å². The van der Waals surface area contributed by atoms with Crippen LogP contribution in [0.3, 0.4) is 0 Å². The zero-order valence-corrected chi connectivity index (χ0v) is 5.71. The molecule has 0 spiro atoms. The van der Waals surface area contributed by atoms with Gasteiger partial charge in [-0.15, -0.1) is 0 Å². The summed E-state index contributed by atoms with van der Waals surface area (Å²) in [6.45, 7) is 1.57. The van der Waals surface area contributed by atoms with E-state index in [0.29, 0.717) is 6.54 Å². The van der Waals surface area contributed by atoms with Gasteiger partial charge in [0.15, 0.2) is 0 Å². The van der Waals surface area contributed by atoms with Crippen LogP contribution in [0.15, 0.2) is 23.0 Å². The SMILES string of the molecule is OCCNCc1ccoc1. The maximum absolute atomic E-state index is 8.41. The number of rotatable bonds is 4. The topological polar surface area (TPSA) is 45.4 Å². The molecule has 0 aliphatic heterocycles. The van der Waals surface area contributed by atoms with E-state index < -0.39 is 0 Å². The number of hydrogen-bond acceptors (Lipinski definition) is 3. The second kappa shape index (κ2) is 4.09. The molecule has 0 aromatic carbocycles. The van der Waals surface area contributed by atoms with E-state index in [1.807, 2.05) is 6.07 Å². The smallest absolute Gasteiger partial charge is 0.0947 e. The molecule has 3 heteroatoms. The molecular formula is C7H11NO2. The zero-order chi connectivity index (χ0) is 7.23. The number of nitrogens with one attached hydrogen (secondary N) is 1. The van der Waals surface area contributed by atoms with Crippen LogP contribution in [-0.2, 0) is 6.54 Å². The van der Waals surface area contributed by atoms with Crippen LogP contribution >= 0.6 is 0 Å². The largest absolute Gasteiger partial charge is 0.472 e. The summed E-state index contributed by atoms with van der Waals surface area (Å²) >= 11 is 0. The Balaban J connectivity index is 2.15. The summed E-state index contributed by atoms with van der Waals surface area (Å²) in [6.07, 6.45) is 3.32. The molecule has 1 heterocycles. The molecule has 1 aromatic rings. The lowest BCUT2D eigenvalue weighted by atomic mass is 10.3. The van der Waals surface area contributed by atoms with Crippen molar-refractivity contribution in [2.75, 3.05) is 13.2 Å². The first-order valence-electron chi connectivity index (χ1n) is 3.26. The standard InChI is InChI=1S/C7H11NO2/c9-3-2-8-5-7-1-4-10-6-7/h1,4,6,8-9H,2-3,5H2. The first-order valence-corrected chi connectivity index (χ1v) is 3.26. The molecule has 1 aromatic heterocycles. The minimum atomic E-state index is 0.178. The molecule has 0 unspecified atom stereocenters. The molecule has 0 atom stereocenters. The van der Waals surface area contributed by atoms with Gasteiger partial charge in [0.25, 0.3) is 0 Å². The monoisotopic (exact) mass is 141 g/mol. The van der Waals surface area contributed by atoms with Gasteiger partial charge >= 0.3 is 0 Å².